The van der Waals surface area contributed by atoms with E-state index in [-0.39, 0.29) is 25.1 Å². The molecule has 1 fully saturated rings. The van der Waals surface area contributed by atoms with E-state index in [1.807, 2.05) is 0 Å². The summed E-state index contributed by atoms with van der Waals surface area (Å²) in [6, 6.07) is 5.13. The lowest BCUT2D eigenvalue weighted by atomic mass is 10.2. The first kappa shape index (κ1) is 14.5. The van der Waals surface area contributed by atoms with Gasteiger partial charge in [-0.1, -0.05) is 6.07 Å². The van der Waals surface area contributed by atoms with Crippen LogP contribution in [0.5, 0.6) is 0 Å². The Hall–Kier alpha value is -2.90. The maximum atomic E-state index is 12.1. The van der Waals surface area contributed by atoms with Gasteiger partial charge in [0.15, 0.2) is 0 Å². The molecule has 110 valence electrons. The van der Waals surface area contributed by atoms with Gasteiger partial charge >= 0.3 is 12.0 Å². The largest absolute Gasteiger partial charge is 0.478 e. The van der Waals surface area contributed by atoms with Gasteiger partial charge in [0.25, 0.3) is 5.91 Å². The number of rotatable bonds is 5. The van der Waals surface area contributed by atoms with Crippen molar-refractivity contribution in [2.75, 3.05) is 18.0 Å². The Morgan fingerprint density at radius 2 is 2.00 bits per heavy atom. The highest BCUT2D eigenvalue weighted by molar-refractivity contribution is 6.12. The monoisotopic (exact) mass is 291 g/mol. The Labute approximate surface area is 119 Å². The van der Waals surface area contributed by atoms with Crippen LogP contribution in [0.4, 0.5) is 10.5 Å². The van der Waals surface area contributed by atoms with Crippen molar-refractivity contribution in [3.8, 4) is 0 Å². The minimum atomic E-state index is -1.12. The lowest BCUT2D eigenvalue weighted by Gasteiger charge is -2.17. The molecule has 0 aliphatic carbocycles. The van der Waals surface area contributed by atoms with Crippen LogP contribution in [0.1, 0.15) is 16.8 Å². The van der Waals surface area contributed by atoms with Crippen LogP contribution in [0.15, 0.2) is 24.3 Å². The molecule has 0 atom stereocenters. The third kappa shape index (κ3) is 2.99. The first-order valence-corrected chi connectivity index (χ1v) is 6.13. The Morgan fingerprint density at radius 1 is 1.29 bits per heavy atom. The standard InChI is InChI=1S/C13H13N3O5/c14-10(17)4-5-15-11(18)7-16(13(15)21)9-3-1-2-8(6-9)12(19)20/h1-3,6H,4-5,7H2,(H2,14,17)(H,19,20). The van der Waals surface area contributed by atoms with Gasteiger partial charge in [-0.15, -0.1) is 0 Å². The molecule has 3 N–H and O–H groups in total. The zero-order valence-electron chi connectivity index (χ0n) is 11.0. The van der Waals surface area contributed by atoms with Gasteiger partial charge in [-0.05, 0) is 18.2 Å². The Balaban J connectivity index is 2.20. The molecule has 1 aromatic carbocycles. The molecule has 4 amide bonds. The van der Waals surface area contributed by atoms with Crippen LogP contribution in [-0.4, -0.2) is 46.9 Å². The molecule has 0 bridgehead atoms. The SMILES string of the molecule is NC(=O)CCN1C(=O)CN(c2cccc(C(=O)O)c2)C1=O. The molecule has 1 aliphatic rings. The Bertz CT molecular complexity index is 628. The highest BCUT2D eigenvalue weighted by Gasteiger charge is 2.36. The summed E-state index contributed by atoms with van der Waals surface area (Å²) in [6.45, 7) is -0.275. The average molecular weight is 291 g/mol. The van der Waals surface area contributed by atoms with Crippen molar-refractivity contribution in [2.45, 2.75) is 6.42 Å². The normalized spacial score (nSPS) is 14.7. The van der Waals surface area contributed by atoms with E-state index in [0.29, 0.717) is 5.69 Å². The van der Waals surface area contributed by atoms with Gasteiger partial charge in [0.2, 0.25) is 5.91 Å². The highest BCUT2D eigenvalue weighted by Crippen LogP contribution is 2.22. The van der Waals surface area contributed by atoms with Crippen molar-refractivity contribution in [2.24, 2.45) is 5.73 Å². The number of benzene rings is 1. The molecular weight excluding hydrogens is 278 g/mol. The first-order valence-electron chi connectivity index (χ1n) is 6.13. The van der Waals surface area contributed by atoms with E-state index in [4.69, 9.17) is 10.8 Å². The van der Waals surface area contributed by atoms with Gasteiger partial charge in [-0.3, -0.25) is 19.4 Å². The second-order valence-electron chi connectivity index (χ2n) is 4.49. The van der Waals surface area contributed by atoms with Gasteiger partial charge in [-0.2, -0.15) is 0 Å². The molecule has 0 unspecified atom stereocenters. The van der Waals surface area contributed by atoms with Crippen LogP contribution in [-0.2, 0) is 9.59 Å². The van der Waals surface area contributed by atoms with Crippen LogP contribution in [0.25, 0.3) is 0 Å². The van der Waals surface area contributed by atoms with E-state index in [9.17, 15) is 19.2 Å². The van der Waals surface area contributed by atoms with Crippen molar-refractivity contribution in [3.63, 3.8) is 0 Å². The quantitative estimate of drug-likeness (QED) is 0.741. The second kappa shape index (κ2) is 5.61. The molecular formula is C13H13N3O5. The van der Waals surface area contributed by atoms with Crippen molar-refractivity contribution in [1.29, 1.82) is 0 Å². The molecule has 0 radical (unpaired) electrons. The summed E-state index contributed by atoms with van der Waals surface area (Å²) in [5.74, 6) is -2.19. The molecule has 1 heterocycles. The maximum absolute atomic E-state index is 12.1. The number of nitrogens with zero attached hydrogens (tertiary/aromatic N) is 2. The fourth-order valence-electron chi connectivity index (χ4n) is 1.99. The van der Waals surface area contributed by atoms with E-state index in [2.05, 4.69) is 0 Å². The zero-order valence-corrected chi connectivity index (χ0v) is 11.0. The number of nitrogens with two attached hydrogens (primary N) is 1. The minimum Gasteiger partial charge on any atom is -0.478 e. The fourth-order valence-corrected chi connectivity index (χ4v) is 1.99. The predicted octanol–water partition coefficient (Wildman–Crippen LogP) is 0.0288. The van der Waals surface area contributed by atoms with Crippen LogP contribution < -0.4 is 10.6 Å². The van der Waals surface area contributed by atoms with Crippen LogP contribution in [0.3, 0.4) is 0 Å². The summed E-state index contributed by atoms with van der Waals surface area (Å²) in [4.78, 5) is 47.7. The minimum absolute atomic E-state index is 0.0170. The summed E-state index contributed by atoms with van der Waals surface area (Å²) in [5.41, 5.74) is 5.32. The Kier molecular flexibility index (Phi) is 3.88. The van der Waals surface area contributed by atoms with E-state index in [0.717, 1.165) is 9.80 Å². The summed E-state index contributed by atoms with van der Waals surface area (Å²) < 4.78 is 0. The summed E-state index contributed by atoms with van der Waals surface area (Å²) in [5, 5.41) is 8.94. The zero-order chi connectivity index (χ0) is 15.6. The van der Waals surface area contributed by atoms with Gasteiger partial charge in [-0.25, -0.2) is 9.59 Å². The lowest BCUT2D eigenvalue weighted by Crippen LogP contribution is -2.35. The number of carboxylic acids is 1. The Morgan fingerprint density at radius 3 is 2.62 bits per heavy atom. The summed E-state index contributed by atoms with van der Waals surface area (Å²) in [6.07, 6.45) is -0.111. The van der Waals surface area contributed by atoms with Crippen molar-refractivity contribution < 1.29 is 24.3 Å². The van der Waals surface area contributed by atoms with Crippen molar-refractivity contribution in [1.82, 2.24) is 4.90 Å². The number of carbonyl (C=O) groups excluding carboxylic acids is 3. The molecule has 1 saturated heterocycles. The number of imide groups is 1. The number of aromatic carboxylic acids is 1. The number of hydrogen-bond acceptors (Lipinski definition) is 4. The molecule has 0 aromatic heterocycles. The number of hydrogen-bond donors (Lipinski definition) is 2. The van der Waals surface area contributed by atoms with Crippen LogP contribution in [0, 0.1) is 0 Å². The predicted molar refractivity (Wildman–Crippen MR) is 71.7 cm³/mol. The van der Waals surface area contributed by atoms with Gasteiger partial charge in [0.05, 0.1) is 5.56 Å². The number of urea groups is 1. The summed E-state index contributed by atoms with van der Waals surface area (Å²) in [7, 11) is 0. The molecule has 8 heteroatoms. The fraction of sp³-hybridized carbons (Fsp3) is 0.231. The molecule has 21 heavy (non-hydrogen) atoms. The summed E-state index contributed by atoms with van der Waals surface area (Å²) >= 11 is 0. The van der Waals surface area contributed by atoms with E-state index in [1.165, 1.54) is 24.3 Å². The molecule has 1 aromatic rings. The molecule has 1 aliphatic heterocycles. The number of primary amides is 1. The van der Waals surface area contributed by atoms with E-state index in [1.54, 1.807) is 0 Å². The lowest BCUT2D eigenvalue weighted by molar-refractivity contribution is -0.125. The van der Waals surface area contributed by atoms with E-state index >= 15 is 0 Å². The number of anilines is 1. The van der Waals surface area contributed by atoms with Gasteiger partial charge < -0.3 is 10.8 Å². The maximum Gasteiger partial charge on any atom is 0.335 e. The molecule has 0 spiro atoms. The van der Waals surface area contributed by atoms with Crippen molar-refractivity contribution >= 4 is 29.5 Å². The highest BCUT2D eigenvalue weighted by atomic mass is 16.4. The first-order chi connectivity index (χ1) is 9.90. The van der Waals surface area contributed by atoms with Gasteiger partial charge in [0, 0.05) is 18.7 Å². The average Bonchev–Trinajstić information content (AvgIpc) is 2.72. The van der Waals surface area contributed by atoms with Crippen LogP contribution in [0.2, 0.25) is 0 Å². The smallest absolute Gasteiger partial charge is 0.335 e. The number of carboxylic acid groups (broad SMARTS) is 1. The van der Waals surface area contributed by atoms with E-state index < -0.39 is 23.8 Å². The third-order valence-electron chi connectivity index (χ3n) is 3.04. The number of amides is 4. The molecule has 2 rings (SSSR count). The van der Waals surface area contributed by atoms with Gasteiger partial charge in [0.1, 0.15) is 6.54 Å². The molecule has 0 saturated carbocycles. The topological polar surface area (TPSA) is 121 Å². The van der Waals surface area contributed by atoms with Crippen LogP contribution >= 0.6 is 0 Å². The third-order valence-corrected chi connectivity index (χ3v) is 3.04. The molecule has 8 nitrogen and oxygen atoms in total. The number of carbonyl (C=O) groups is 4. The second-order valence-corrected chi connectivity index (χ2v) is 4.49. The van der Waals surface area contributed by atoms with Crippen molar-refractivity contribution in [3.05, 3.63) is 29.8 Å².